The van der Waals surface area contributed by atoms with Crippen molar-refractivity contribution >= 4 is 0 Å². The van der Waals surface area contributed by atoms with E-state index in [0.29, 0.717) is 18.1 Å². The van der Waals surface area contributed by atoms with Gasteiger partial charge in [-0.1, -0.05) is 19.1 Å². The van der Waals surface area contributed by atoms with Gasteiger partial charge in [-0.15, -0.1) is 0 Å². The highest BCUT2D eigenvalue weighted by atomic mass is 19.1. The maximum Gasteiger partial charge on any atom is 0.126 e. The second-order valence-electron chi connectivity index (χ2n) is 6.26. The van der Waals surface area contributed by atoms with Gasteiger partial charge in [0.05, 0.1) is 0 Å². The molecule has 2 N–H and O–H groups in total. The molecule has 2 aliphatic carbocycles. The summed E-state index contributed by atoms with van der Waals surface area (Å²) >= 11 is 0. The summed E-state index contributed by atoms with van der Waals surface area (Å²) in [6.45, 7) is 3.27. The maximum atomic E-state index is 13.9. The van der Waals surface area contributed by atoms with Gasteiger partial charge in [-0.3, -0.25) is 4.90 Å². The van der Waals surface area contributed by atoms with Crippen LogP contribution in [0.15, 0.2) is 18.2 Å². The quantitative estimate of drug-likeness (QED) is 0.916. The Morgan fingerprint density at radius 2 is 1.95 bits per heavy atom. The van der Waals surface area contributed by atoms with E-state index in [-0.39, 0.29) is 5.82 Å². The minimum Gasteiger partial charge on any atom is -0.328 e. The number of rotatable bonds is 3. The maximum absolute atomic E-state index is 13.9. The highest BCUT2D eigenvalue weighted by Gasteiger charge is 2.33. The average Bonchev–Trinajstić information content (AvgIpc) is 2.87. The van der Waals surface area contributed by atoms with Gasteiger partial charge in [0.15, 0.2) is 0 Å². The van der Waals surface area contributed by atoms with Crippen LogP contribution in [0.1, 0.15) is 56.2 Å². The van der Waals surface area contributed by atoms with Crippen molar-refractivity contribution in [2.75, 3.05) is 6.54 Å². The Morgan fingerprint density at radius 3 is 2.65 bits per heavy atom. The van der Waals surface area contributed by atoms with Crippen LogP contribution in [0.25, 0.3) is 0 Å². The van der Waals surface area contributed by atoms with Gasteiger partial charge < -0.3 is 5.73 Å². The first-order valence-corrected chi connectivity index (χ1v) is 7.99. The second-order valence-corrected chi connectivity index (χ2v) is 6.26. The molecule has 0 aromatic heterocycles. The third kappa shape index (κ3) is 2.49. The topological polar surface area (TPSA) is 29.3 Å². The smallest absolute Gasteiger partial charge is 0.126 e. The normalized spacial score (nSPS) is 29.7. The van der Waals surface area contributed by atoms with Crippen molar-refractivity contribution in [1.82, 2.24) is 4.90 Å². The first kappa shape index (κ1) is 14.0. The molecule has 2 aliphatic rings. The van der Waals surface area contributed by atoms with E-state index in [0.717, 1.165) is 37.8 Å². The van der Waals surface area contributed by atoms with Crippen LogP contribution in [0.4, 0.5) is 4.39 Å². The van der Waals surface area contributed by atoms with Crippen molar-refractivity contribution < 1.29 is 4.39 Å². The summed E-state index contributed by atoms with van der Waals surface area (Å²) in [4.78, 5) is 2.59. The predicted octanol–water partition coefficient (Wildman–Crippen LogP) is 3.40. The zero-order chi connectivity index (χ0) is 14.1. The van der Waals surface area contributed by atoms with Crippen LogP contribution < -0.4 is 5.73 Å². The Bertz CT molecular complexity index is 466. The lowest BCUT2D eigenvalue weighted by Crippen LogP contribution is -2.42. The van der Waals surface area contributed by atoms with Gasteiger partial charge in [0.2, 0.25) is 0 Å². The van der Waals surface area contributed by atoms with Crippen LogP contribution in [0.5, 0.6) is 0 Å². The number of hydrogen-bond acceptors (Lipinski definition) is 2. The number of halogens is 1. The van der Waals surface area contributed by atoms with Gasteiger partial charge in [-0.2, -0.15) is 0 Å². The minimum absolute atomic E-state index is 0.0216. The molecule has 0 bridgehead atoms. The molecule has 0 spiro atoms. The van der Waals surface area contributed by atoms with Crippen LogP contribution in [-0.4, -0.2) is 23.5 Å². The van der Waals surface area contributed by atoms with E-state index in [1.165, 1.54) is 18.4 Å². The molecule has 0 amide bonds. The van der Waals surface area contributed by atoms with E-state index >= 15 is 0 Å². The van der Waals surface area contributed by atoms with E-state index in [2.05, 4.69) is 17.9 Å². The van der Waals surface area contributed by atoms with Crippen molar-refractivity contribution in [3.05, 3.63) is 35.1 Å². The molecule has 1 aromatic rings. The Balaban J connectivity index is 1.80. The van der Waals surface area contributed by atoms with E-state index in [1.807, 2.05) is 6.07 Å². The molecule has 0 heterocycles. The molecule has 20 heavy (non-hydrogen) atoms. The third-order valence-corrected chi connectivity index (χ3v) is 5.16. The second kappa shape index (κ2) is 5.82. The number of nitrogens with two attached hydrogens (primary N) is 1. The Morgan fingerprint density at radius 1 is 1.20 bits per heavy atom. The molecule has 1 saturated carbocycles. The zero-order valence-electron chi connectivity index (χ0n) is 12.3. The van der Waals surface area contributed by atoms with Gasteiger partial charge in [0, 0.05) is 18.1 Å². The van der Waals surface area contributed by atoms with E-state index in [1.54, 1.807) is 6.07 Å². The van der Waals surface area contributed by atoms with Crippen LogP contribution in [0.3, 0.4) is 0 Å². The lowest BCUT2D eigenvalue weighted by atomic mass is 9.89. The molecule has 110 valence electrons. The molecule has 3 heteroatoms. The van der Waals surface area contributed by atoms with E-state index < -0.39 is 0 Å². The summed E-state index contributed by atoms with van der Waals surface area (Å²) in [5.41, 5.74) is 8.19. The van der Waals surface area contributed by atoms with Crippen LogP contribution in [-0.2, 0) is 6.42 Å². The summed E-state index contributed by atoms with van der Waals surface area (Å²) < 4.78 is 13.9. The van der Waals surface area contributed by atoms with Crippen molar-refractivity contribution in [3.8, 4) is 0 Å². The average molecular weight is 276 g/mol. The Labute approximate surface area is 121 Å². The first-order chi connectivity index (χ1) is 9.70. The summed E-state index contributed by atoms with van der Waals surface area (Å²) in [5, 5.41) is 0. The molecule has 1 aromatic carbocycles. The summed E-state index contributed by atoms with van der Waals surface area (Å²) in [6, 6.07) is 6.99. The molecule has 0 saturated heterocycles. The number of fused-ring (bicyclic) bond motifs is 1. The van der Waals surface area contributed by atoms with E-state index in [9.17, 15) is 4.39 Å². The first-order valence-electron chi connectivity index (χ1n) is 7.99. The lowest BCUT2D eigenvalue weighted by Gasteiger charge is -2.39. The molecule has 3 rings (SSSR count). The molecule has 0 radical (unpaired) electrons. The SMILES string of the molecule is CCN(C1CCC(N)CC1)C1CCc2c(F)cccc21. The van der Waals surface area contributed by atoms with Crippen molar-refractivity contribution in [2.24, 2.45) is 5.73 Å². The highest BCUT2D eigenvalue weighted by molar-refractivity contribution is 5.35. The van der Waals surface area contributed by atoms with Gasteiger partial charge in [-0.05, 0) is 62.3 Å². The van der Waals surface area contributed by atoms with Gasteiger partial charge in [0.25, 0.3) is 0 Å². The molecule has 1 atom stereocenters. The number of hydrogen-bond donors (Lipinski definition) is 1. The zero-order valence-corrected chi connectivity index (χ0v) is 12.3. The molecule has 0 aliphatic heterocycles. The van der Waals surface area contributed by atoms with Gasteiger partial charge in [0.1, 0.15) is 5.82 Å². The lowest BCUT2D eigenvalue weighted by molar-refractivity contribution is 0.106. The fourth-order valence-corrected chi connectivity index (χ4v) is 4.10. The summed E-state index contributed by atoms with van der Waals surface area (Å²) in [5.74, 6) is -0.0216. The summed E-state index contributed by atoms with van der Waals surface area (Å²) in [6.07, 6.45) is 6.59. The van der Waals surface area contributed by atoms with E-state index in [4.69, 9.17) is 5.73 Å². The predicted molar refractivity (Wildman–Crippen MR) is 80.1 cm³/mol. The fraction of sp³-hybridized carbons (Fsp3) is 0.647. The molecular formula is C17H25FN2. The van der Waals surface area contributed by atoms with Crippen molar-refractivity contribution in [1.29, 1.82) is 0 Å². The van der Waals surface area contributed by atoms with Gasteiger partial charge >= 0.3 is 0 Å². The molecular weight excluding hydrogens is 251 g/mol. The van der Waals surface area contributed by atoms with Crippen molar-refractivity contribution in [3.63, 3.8) is 0 Å². The minimum atomic E-state index is -0.0216. The largest absolute Gasteiger partial charge is 0.328 e. The van der Waals surface area contributed by atoms with Crippen molar-refractivity contribution in [2.45, 2.75) is 63.6 Å². The van der Waals surface area contributed by atoms with Crippen LogP contribution >= 0.6 is 0 Å². The molecule has 2 nitrogen and oxygen atoms in total. The fourth-order valence-electron chi connectivity index (χ4n) is 4.10. The Kier molecular flexibility index (Phi) is 4.08. The molecule has 1 fully saturated rings. The highest BCUT2D eigenvalue weighted by Crippen LogP contribution is 2.39. The van der Waals surface area contributed by atoms with Crippen LogP contribution in [0, 0.1) is 5.82 Å². The monoisotopic (exact) mass is 276 g/mol. The molecule has 1 unspecified atom stereocenters. The Hall–Kier alpha value is -0.930. The standard InChI is InChI=1S/C17H25FN2/c1-2-20(13-8-6-12(19)7-9-13)17-11-10-14-15(17)4-3-5-16(14)18/h3-5,12-13,17H,2,6-11,19H2,1H3. The number of benzene rings is 1. The van der Waals surface area contributed by atoms with Gasteiger partial charge in [-0.25, -0.2) is 4.39 Å². The number of nitrogens with zero attached hydrogens (tertiary/aromatic N) is 1. The van der Waals surface area contributed by atoms with Crippen LogP contribution in [0.2, 0.25) is 0 Å². The summed E-state index contributed by atoms with van der Waals surface area (Å²) in [7, 11) is 0. The third-order valence-electron chi connectivity index (χ3n) is 5.16.